The summed E-state index contributed by atoms with van der Waals surface area (Å²) in [5, 5.41) is 0.704. The Morgan fingerprint density at radius 3 is 2.52 bits per heavy atom. The highest BCUT2D eigenvalue weighted by Crippen LogP contribution is 2.59. The van der Waals surface area contributed by atoms with Gasteiger partial charge in [-0.2, -0.15) is 17.6 Å². The average molecular weight is 511 g/mol. The molecule has 0 spiro atoms. The van der Waals surface area contributed by atoms with Crippen LogP contribution in [0, 0.1) is 11.6 Å². The molecule has 0 radical (unpaired) electrons. The van der Waals surface area contributed by atoms with Gasteiger partial charge >= 0.3 is 6.18 Å². The Morgan fingerprint density at radius 2 is 1.94 bits per heavy atom. The molecular formula is C20H19F5N2O4S2. The van der Waals surface area contributed by atoms with Crippen LogP contribution in [0.5, 0.6) is 5.75 Å². The number of benzene rings is 1. The lowest BCUT2D eigenvalue weighted by Crippen LogP contribution is -2.37. The van der Waals surface area contributed by atoms with Gasteiger partial charge in [0.15, 0.2) is 26.4 Å². The number of hydrogen-bond donors (Lipinski definition) is 1. The van der Waals surface area contributed by atoms with Gasteiger partial charge in [0.2, 0.25) is 11.7 Å². The lowest BCUT2D eigenvalue weighted by atomic mass is 9.85. The Bertz CT molecular complexity index is 1190. The van der Waals surface area contributed by atoms with Gasteiger partial charge in [0.25, 0.3) is 0 Å². The summed E-state index contributed by atoms with van der Waals surface area (Å²) in [5.74, 6) is -5.23. The van der Waals surface area contributed by atoms with Crippen LogP contribution in [0.25, 0.3) is 0 Å². The molecule has 1 N–H and O–H groups in total. The number of nitrogens with zero attached hydrogens (tertiary/aromatic N) is 1. The Labute approximate surface area is 190 Å². The second-order valence-electron chi connectivity index (χ2n) is 7.71. The number of carbonyl (C=O) groups is 1. The van der Waals surface area contributed by atoms with Gasteiger partial charge in [-0.05, 0) is 31.5 Å². The van der Waals surface area contributed by atoms with Gasteiger partial charge in [0, 0.05) is 29.6 Å². The van der Waals surface area contributed by atoms with Gasteiger partial charge in [-0.1, -0.05) is 6.07 Å². The van der Waals surface area contributed by atoms with Crippen molar-refractivity contribution in [1.29, 1.82) is 0 Å². The molecule has 1 aromatic heterocycles. The highest BCUT2D eigenvalue weighted by molar-refractivity contribution is 8.02. The summed E-state index contributed by atoms with van der Waals surface area (Å²) in [5.41, 5.74) is -0.0729. The maximum atomic E-state index is 14.3. The Balaban J connectivity index is 2.02. The monoisotopic (exact) mass is 510 g/mol. The van der Waals surface area contributed by atoms with E-state index in [4.69, 9.17) is 4.74 Å². The number of aromatic nitrogens is 1. The molecule has 3 rings (SSSR count). The first-order valence-electron chi connectivity index (χ1n) is 9.41. The van der Waals surface area contributed by atoms with E-state index in [2.05, 4.69) is 10.3 Å². The SMILES string of the molecule is COc1c([C@@H]2C[C@](C)(C(F)(F)F)S[C@H]2C(=O)Nc2ccnc(S(C)(=O)=O)c2)ccc(F)c1F. The predicted molar refractivity (Wildman–Crippen MR) is 112 cm³/mol. The zero-order chi connectivity index (χ0) is 24.8. The number of sulfone groups is 1. The highest BCUT2D eigenvalue weighted by Gasteiger charge is 2.60. The minimum Gasteiger partial charge on any atom is -0.493 e. The smallest absolute Gasteiger partial charge is 0.403 e. The maximum absolute atomic E-state index is 14.3. The lowest BCUT2D eigenvalue weighted by Gasteiger charge is -2.26. The van der Waals surface area contributed by atoms with Crippen LogP contribution in [0.3, 0.4) is 0 Å². The van der Waals surface area contributed by atoms with E-state index in [0.717, 1.165) is 44.7 Å². The summed E-state index contributed by atoms with van der Waals surface area (Å²) in [6.07, 6.45) is -3.25. The third-order valence-corrected chi connectivity index (χ3v) is 7.98. The van der Waals surface area contributed by atoms with E-state index >= 15 is 0 Å². The summed E-state index contributed by atoms with van der Waals surface area (Å²) >= 11 is 0.347. The predicted octanol–water partition coefficient (Wildman–Crippen LogP) is 4.32. The highest BCUT2D eigenvalue weighted by atomic mass is 32.2. The summed E-state index contributed by atoms with van der Waals surface area (Å²) < 4.78 is 95.4. The van der Waals surface area contributed by atoms with Crippen LogP contribution in [0.2, 0.25) is 0 Å². The molecule has 2 heterocycles. The topological polar surface area (TPSA) is 85.4 Å². The molecule has 13 heteroatoms. The fraction of sp³-hybridized carbons (Fsp3) is 0.400. The van der Waals surface area contributed by atoms with Crippen molar-refractivity contribution >= 4 is 33.2 Å². The molecule has 1 fully saturated rings. The van der Waals surface area contributed by atoms with Crippen LogP contribution >= 0.6 is 11.8 Å². The van der Waals surface area contributed by atoms with E-state index in [1.807, 2.05) is 0 Å². The number of methoxy groups -OCH3 is 1. The standard InChI is InChI=1S/C20H19F5N2O4S2/c1-19(20(23,24)25)9-12(11-4-5-13(21)15(22)16(11)31-2)17(32-19)18(28)27-10-6-7-26-14(8-10)33(3,29)30/h4-8,12,17H,9H2,1-3H3,(H,26,27,28)/t12-,17+,19+/m0/s1. The summed E-state index contributed by atoms with van der Waals surface area (Å²) in [6.45, 7) is 0.929. The third-order valence-electron chi connectivity index (χ3n) is 5.29. The summed E-state index contributed by atoms with van der Waals surface area (Å²) in [4.78, 5) is 16.7. The molecule has 33 heavy (non-hydrogen) atoms. The van der Waals surface area contributed by atoms with Crippen LogP contribution in [0.1, 0.15) is 24.8 Å². The molecule has 1 aliphatic rings. The van der Waals surface area contributed by atoms with E-state index in [-0.39, 0.29) is 16.3 Å². The molecule has 1 amide bonds. The zero-order valence-corrected chi connectivity index (χ0v) is 19.2. The average Bonchev–Trinajstić information content (AvgIpc) is 3.08. The number of thioether (sulfide) groups is 1. The minimum absolute atomic E-state index is 0.00707. The second-order valence-corrected chi connectivity index (χ2v) is 11.3. The Hall–Kier alpha value is -2.41. The summed E-state index contributed by atoms with van der Waals surface area (Å²) in [6, 6.07) is 4.21. The first-order chi connectivity index (χ1) is 15.2. The van der Waals surface area contributed by atoms with Crippen molar-refractivity contribution in [3.63, 3.8) is 0 Å². The number of anilines is 1. The van der Waals surface area contributed by atoms with Crippen LogP contribution in [-0.2, 0) is 14.6 Å². The number of hydrogen-bond acceptors (Lipinski definition) is 6. The van der Waals surface area contributed by atoms with Crippen molar-refractivity contribution in [3.05, 3.63) is 47.7 Å². The molecule has 0 unspecified atom stereocenters. The number of nitrogens with one attached hydrogen (secondary N) is 1. The molecule has 6 nitrogen and oxygen atoms in total. The molecule has 2 aromatic rings. The van der Waals surface area contributed by atoms with Gasteiger partial charge in [-0.15, -0.1) is 11.8 Å². The Morgan fingerprint density at radius 1 is 1.27 bits per heavy atom. The van der Waals surface area contributed by atoms with Crippen molar-refractivity contribution in [2.45, 2.75) is 40.5 Å². The molecule has 0 bridgehead atoms. The molecule has 1 aliphatic heterocycles. The van der Waals surface area contributed by atoms with E-state index in [1.54, 1.807) is 0 Å². The molecule has 1 saturated heterocycles. The van der Waals surface area contributed by atoms with Gasteiger partial charge in [-0.3, -0.25) is 4.79 Å². The van der Waals surface area contributed by atoms with E-state index in [1.165, 1.54) is 6.07 Å². The molecular weight excluding hydrogens is 491 g/mol. The Kier molecular flexibility index (Phi) is 6.68. The molecule has 1 aromatic carbocycles. The number of rotatable bonds is 5. The number of halogens is 5. The van der Waals surface area contributed by atoms with Gasteiger partial charge in [-0.25, -0.2) is 17.8 Å². The quantitative estimate of drug-likeness (QED) is 0.604. The number of carbonyl (C=O) groups excluding carboxylic acids is 1. The molecule has 0 aliphatic carbocycles. The van der Waals surface area contributed by atoms with Gasteiger partial charge in [0.05, 0.1) is 12.4 Å². The fourth-order valence-corrected chi connectivity index (χ4v) is 5.72. The molecule has 180 valence electrons. The largest absolute Gasteiger partial charge is 0.493 e. The third kappa shape index (κ3) is 4.93. The molecule has 0 saturated carbocycles. The number of amides is 1. The normalized spacial score (nSPS) is 23.4. The minimum atomic E-state index is -4.70. The second kappa shape index (κ2) is 8.75. The fourth-order valence-electron chi connectivity index (χ4n) is 3.58. The van der Waals surface area contributed by atoms with Crippen LogP contribution < -0.4 is 10.1 Å². The van der Waals surface area contributed by atoms with E-state index < -0.39 is 61.6 Å². The zero-order valence-electron chi connectivity index (χ0n) is 17.5. The summed E-state index contributed by atoms with van der Waals surface area (Å²) in [7, 11) is -2.65. The van der Waals surface area contributed by atoms with Crippen LogP contribution in [-0.4, -0.2) is 48.8 Å². The van der Waals surface area contributed by atoms with Crippen molar-refractivity contribution < 1.29 is 39.9 Å². The number of ether oxygens (including phenoxy) is 1. The first kappa shape index (κ1) is 25.2. The van der Waals surface area contributed by atoms with Gasteiger partial charge in [0.1, 0.15) is 4.75 Å². The number of alkyl halides is 3. The van der Waals surface area contributed by atoms with E-state index in [0.29, 0.717) is 11.8 Å². The maximum Gasteiger partial charge on any atom is 0.403 e. The van der Waals surface area contributed by atoms with Crippen molar-refractivity contribution in [3.8, 4) is 5.75 Å². The molecule has 3 atom stereocenters. The van der Waals surface area contributed by atoms with Crippen molar-refractivity contribution in [2.75, 3.05) is 18.7 Å². The van der Waals surface area contributed by atoms with Crippen molar-refractivity contribution in [2.24, 2.45) is 0 Å². The van der Waals surface area contributed by atoms with Crippen LogP contribution in [0.4, 0.5) is 27.6 Å². The van der Waals surface area contributed by atoms with E-state index in [9.17, 15) is 35.2 Å². The lowest BCUT2D eigenvalue weighted by molar-refractivity contribution is -0.155. The van der Waals surface area contributed by atoms with Crippen LogP contribution in [0.15, 0.2) is 35.5 Å². The number of pyridine rings is 1. The first-order valence-corrected chi connectivity index (χ1v) is 12.2. The van der Waals surface area contributed by atoms with Crippen molar-refractivity contribution in [1.82, 2.24) is 4.98 Å². The van der Waals surface area contributed by atoms with Gasteiger partial charge < -0.3 is 10.1 Å².